The van der Waals surface area contributed by atoms with E-state index in [1.54, 1.807) is 12.3 Å². The van der Waals surface area contributed by atoms with Crippen LogP contribution in [0.2, 0.25) is 0 Å². The molecule has 0 aliphatic rings. The Hall–Kier alpha value is -1.20. The Labute approximate surface area is 128 Å². The lowest BCUT2D eigenvalue weighted by Crippen LogP contribution is -2.12. The maximum absolute atomic E-state index is 12.1. The van der Waals surface area contributed by atoms with Crippen LogP contribution in [0.25, 0.3) is 0 Å². The first kappa shape index (κ1) is 14.2. The summed E-state index contributed by atoms with van der Waals surface area (Å²) < 4.78 is 1.66. The molecule has 0 aliphatic carbocycles. The zero-order valence-electron chi connectivity index (χ0n) is 10.3. The average molecular weight is 384 g/mol. The van der Waals surface area contributed by atoms with Crippen molar-refractivity contribution in [3.05, 3.63) is 56.7 Å². The molecular formula is C14H12Br2N2O. The van der Waals surface area contributed by atoms with Gasteiger partial charge in [0.25, 0.3) is 5.91 Å². The van der Waals surface area contributed by atoms with Crippen LogP contribution in [0.3, 0.4) is 0 Å². The van der Waals surface area contributed by atoms with Gasteiger partial charge in [-0.15, -0.1) is 0 Å². The molecule has 2 aromatic rings. The molecule has 1 N–H and O–H groups in total. The molecule has 0 fully saturated rings. The van der Waals surface area contributed by atoms with E-state index in [4.69, 9.17) is 0 Å². The largest absolute Gasteiger partial charge is 0.321 e. The topological polar surface area (TPSA) is 42.0 Å². The smallest absolute Gasteiger partial charge is 0.257 e. The predicted molar refractivity (Wildman–Crippen MR) is 83.4 cm³/mol. The van der Waals surface area contributed by atoms with Crippen LogP contribution in [0.1, 0.15) is 22.8 Å². The summed E-state index contributed by atoms with van der Waals surface area (Å²) in [6.07, 6.45) is 4.14. The number of pyridine rings is 1. The summed E-state index contributed by atoms with van der Waals surface area (Å²) in [7, 11) is 0. The molecule has 0 bridgehead atoms. The summed E-state index contributed by atoms with van der Waals surface area (Å²) in [5.41, 5.74) is 2.48. The van der Waals surface area contributed by atoms with Gasteiger partial charge in [-0.05, 0) is 62.0 Å². The third-order valence-electron chi connectivity index (χ3n) is 2.66. The van der Waals surface area contributed by atoms with E-state index in [1.807, 2.05) is 18.2 Å². The van der Waals surface area contributed by atoms with Gasteiger partial charge in [0.2, 0.25) is 0 Å². The molecule has 0 saturated carbocycles. The molecule has 1 amide bonds. The van der Waals surface area contributed by atoms with Crippen LogP contribution in [-0.4, -0.2) is 10.9 Å². The molecule has 2 rings (SSSR count). The summed E-state index contributed by atoms with van der Waals surface area (Å²) in [5, 5.41) is 2.86. The lowest BCUT2D eigenvalue weighted by molar-refractivity contribution is 0.102. The number of hydrogen-bond acceptors (Lipinski definition) is 2. The molecule has 98 valence electrons. The monoisotopic (exact) mass is 382 g/mol. The van der Waals surface area contributed by atoms with E-state index in [2.05, 4.69) is 49.1 Å². The molecule has 3 nitrogen and oxygen atoms in total. The van der Waals surface area contributed by atoms with Crippen molar-refractivity contribution in [2.45, 2.75) is 13.3 Å². The Morgan fingerprint density at radius 1 is 1.26 bits per heavy atom. The fourth-order valence-corrected chi connectivity index (χ4v) is 2.50. The number of nitrogens with zero attached hydrogens (tertiary/aromatic N) is 1. The number of nitrogens with one attached hydrogen (secondary N) is 1. The zero-order valence-corrected chi connectivity index (χ0v) is 13.5. The van der Waals surface area contributed by atoms with Gasteiger partial charge in [0, 0.05) is 21.3 Å². The lowest BCUT2D eigenvalue weighted by Gasteiger charge is -2.08. The van der Waals surface area contributed by atoms with Crippen molar-refractivity contribution in [1.82, 2.24) is 4.98 Å². The molecule has 1 aromatic carbocycles. The number of carbonyl (C=O) groups is 1. The molecule has 0 saturated heterocycles. The van der Waals surface area contributed by atoms with E-state index >= 15 is 0 Å². The Kier molecular flexibility index (Phi) is 4.71. The highest BCUT2D eigenvalue weighted by Gasteiger charge is 2.09. The molecule has 0 aliphatic heterocycles. The highest BCUT2D eigenvalue weighted by molar-refractivity contribution is 9.10. The first-order valence-corrected chi connectivity index (χ1v) is 7.39. The van der Waals surface area contributed by atoms with Crippen LogP contribution in [0, 0.1) is 0 Å². The molecule has 5 heteroatoms. The number of hydrogen-bond donors (Lipinski definition) is 1. The Bertz CT molecular complexity index is 614. The van der Waals surface area contributed by atoms with Crippen molar-refractivity contribution >= 4 is 43.5 Å². The number of amides is 1. The predicted octanol–water partition coefficient (Wildman–Crippen LogP) is 4.42. The highest BCUT2D eigenvalue weighted by Crippen LogP contribution is 2.24. The van der Waals surface area contributed by atoms with Gasteiger partial charge in [-0.25, -0.2) is 0 Å². The van der Waals surface area contributed by atoms with E-state index in [-0.39, 0.29) is 5.91 Å². The third-order valence-corrected chi connectivity index (χ3v) is 3.75. The number of halogens is 2. The number of anilines is 1. The van der Waals surface area contributed by atoms with Crippen molar-refractivity contribution in [2.75, 3.05) is 5.32 Å². The highest BCUT2D eigenvalue weighted by atomic mass is 79.9. The number of rotatable bonds is 3. The standard InChI is InChI=1S/C14H12Br2N2O/c1-2-9-3-4-13(12(16)5-9)18-14(19)10-6-11(15)8-17-7-10/h3-8H,2H2,1H3,(H,18,19). The molecule has 1 heterocycles. The summed E-state index contributed by atoms with van der Waals surface area (Å²) in [6.45, 7) is 2.09. The Balaban J connectivity index is 2.19. The van der Waals surface area contributed by atoms with Crippen molar-refractivity contribution in [3.8, 4) is 0 Å². The third kappa shape index (κ3) is 3.64. The van der Waals surface area contributed by atoms with Crippen LogP contribution in [0.4, 0.5) is 5.69 Å². The van der Waals surface area contributed by atoms with Gasteiger partial charge < -0.3 is 5.32 Å². The molecule has 0 spiro atoms. The van der Waals surface area contributed by atoms with Gasteiger partial charge in [-0.3, -0.25) is 9.78 Å². The second-order valence-corrected chi connectivity index (χ2v) is 5.78. The second-order valence-electron chi connectivity index (χ2n) is 4.01. The van der Waals surface area contributed by atoms with Crippen molar-refractivity contribution in [3.63, 3.8) is 0 Å². The molecule has 1 aromatic heterocycles. The van der Waals surface area contributed by atoms with Gasteiger partial charge in [0.05, 0.1) is 11.3 Å². The molecule has 0 unspecified atom stereocenters. The minimum absolute atomic E-state index is 0.182. The molecule has 19 heavy (non-hydrogen) atoms. The fraction of sp³-hybridized carbons (Fsp3) is 0.143. The SMILES string of the molecule is CCc1ccc(NC(=O)c2cncc(Br)c2)c(Br)c1. The van der Waals surface area contributed by atoms with E-state index in [0.29, 0.717) is 5.56 Å². The van der Waals surface area contributed by atoms with E-state index in [9.17, 15) is 4.79 Å². The number of aryl methyl sites for hydroxylation is 1. The maximum Gasteiger partial charge on any atom is 0.257 e. The second kappa shape index (κ2) is 6.30. The van der Waals surface area contributed by atoms with Crippen LogP contribution in [-0.2, 0) is 6.42 Å². The first-order chi connectivity index (χ1) is 9.10. The van der Waals surface area contributed by atoms with Crippen LogP contribution < -0.4 is 5.32 Å². The van der Waals surface area contributed by atoms with Crippen LogP contribution in [0.5, 0.6) is 0 Å². The first-order valence-electron chi connectivity index (χ1n) is 5.80. The van der Waals surface area contributed by atoms with Crippen LogP contribution in [0.15, 0.2) is 45.6 Å². The van der Waals surface area contributed by atoms with Crippen LogP contribution >= 0.6 is 31.9 Å². The minimum atomic E-state index is -0.182. The van der Waals surface area contributed by atoms with Gasteiger partial charge >= 0.3 is 0 Å². The van der Waals surface area contributed by atoms with Gasteiger partial charge in [0.15, 0.2) is 0 Å². The number of benzene rings is 1. The summed E-state index contributed by atoms with van der Waals surface area (Å²) in [4.78, 5) is 16.1. The fourth-order valence-electron chi connectivity index (χ4n) is 1.61. The molecular weight excluding hydrogens is 372 g/mol. The summed E-state index contributed by atoms with van der Waals surface area (Å²) >= 11 is 6.76. The van der Waals surface area contributed by atoms with Crippen molar-refractivity contribution < 1.29 is 4.79 Å². The van der Waals surface area contributed by atoms with Gasteiger partial charge in [-0.1, -0.05) is 13.0 Å². The molecule has 0 radical (unpaired) electrons. The number of aromatic nitrogens is 1. The normalized spacial score (nSPS) is 10.3. The lowest BCUT2D eigenvalue weighted by atomic mass is 10.1. The quantitative estimate of drug-likeness (QED) is 0.852. The number of carbonyl (C=O) groups excluding carboxylic acids is 1. The average Bonchev–Trinajstić information content (AvgIpc) is 2.41. The van der Waals surface area contributed by atoms with Crippen molar-refractivity contribution in [2.24, 2.45) is 0 Å². The summed E-state index contributed by atoms with van der Waals surface area (Å²) in [5.74, 6) is -0.182. The molecule has 0 atom stereocenters. The summed E-state index contributed by atoms with van der Waals surface area (Å²) in [6, 6.07) is 7.64. The van der Waals surface area contributed by atoms with Gasteiger partial charge in [0.1, 0.15) is 0 Å². The Morgan fingerprint density at radius 3 is 2.68 bits per heavy atom. The maximum atomic E-state index is 12.1. The van der Waals surface area contributed by atoms with E-state index in [1.165, 1.54) is 11.8 Å². The van der Waals surface area contributed by atoms with E-state index in [0.717, 1.165) is 21.1 Å². The van der Waals surface area contributed by atoms with Crippen molar-refractivity contribution in [1.29, 1.82) is 0 Å². The van der Waals surface area contributed by atoms with Gasteiger partial charge in [-0.2, -0.15) is 0 Å². The Morgan fingerprint density at radius 2 is 2.05 bits per heavy atom. The zero-order chi connectivity index (χ0) is 13.8. The minimum Gasteiger partial charge on any atom is -0.321 e. The van der Waals surface area contributed by atoms with E-state index < -0.39 is 0 Å².